The van der Waals surface area contributed by atoms with Crippen LogP contribution >= 0.6 is 0 Å². The number of hydrogen-bond donors (Lipinski definition) is 1. The average Bonchev–Trinajstić information content (AvgIpc) is 2.39. The van der Waals surface area contributed by atoms with Crippen LogP contribution in [0, 0.1) is 20.8 Å². The second-order valence-corrected chi connectivity index (χ2v) is 5.45. The summed E-state index contributed by atoms with van der Waals surface area (Å²) < 4.78 is 0. The number of aryl methyl sites for hydroxylation is 3. The van der Waals surface area contributed by atoms with Gasteiger partial charge in [0.25, 0.3) is 0 Å². The molecule has 0 aliphatic carbocycles. The lowest BCUT2D eigenvalue weighted by Crippen LogP contribution is -2.18. The van der Waals surface area contributed by atoms with E-state index in [1.807, 2.05) is 0 Å². The molecule has 19 heavy (non-hydrogen) atoms. The summed E-state index contributed by atoms with van der Waals surface area (Å²) in [5.74, 6) is 0. The molecule has 0 saturated heterocycles. The largest absolute Gasteiger partial charge is 0.306 e. The molecule has 0 spiro atoms. The first kappa shape index (κ1) is 13.8. The first-order valence-electron chi connectivity index (χ1n) is 6.92. The zero-order valence-corrected chi connectivity index (χ0v) is 12.3. The summed E-state index contributed by atoms with van der Waals surface area (Å²) in [5.41, 5.74) is 6.74. The lowest BCUT2D eigenvalue weighted by molar-refractivity contribution is 0.573. The van der Waals surface area contributed by atoms with E-state index >= 15 is 0 Å². The fraction of sp³-hybridized carbons (Fsp3) is 0.333. The van der Waals surface area contributed by atoms with Gasteiger partial charge in [0.2, 0.25) is 0 Å². The predicted octanol–water partition coefficient (Wildman–Crippen LogP) is 4.46. The standard InChI is InChI=1S/C18H23N/c1-13-6-5-7-17(10-13)16(4)19-12-18-11-14(2)8-9-15(18)3/h5-11,16,19H,12H2,1-4H3/t16-/m1/s1. The minimum absolute atomic E-state index is 0.375. The van der Waals surface area contributed by atoms with Crippen molar-refractivity contribution in [2.75, 3.05) is 0 Å². The molecule has 0 bridgehead atoms. The Hall–Kier alpha value is -1.60. The lowest BCUT2D eigenvalue weighted by Gasteiger charge is -2.16. The van der Waals surface area contributed by atoms with Crippen LogP contribution in [0.25, 0.3) is 0 Å². The van der Waals surface area contributed by atoms with Crippen LogP contribution in [0.4, 0.5) is 0 Å². The summed E-state index contributed by atoms with van der Waals surface area (Å²) in [4.78, 5) is 0. The molecule has 100 valence electrons. The Bertz CT molecular complexity index is 557. The van der Waals surface area contributed by atoms with Crippen molar-refractivity contribution in [3.8, 4) is 0 Å². The molecule has 2 aromatic carbocycles. The highest BCUT2D eigenvalue weighted by Crippen LogP contribution is 2.16. The molecule has 1 N–H and O–H groups in total. The van der Waals surface area contributed by atoms with Gasteiger partial charge in [-0.2, -0.15) is 0 Å². The molecule has 0 aliphatic heterocycles. The van der Waals surface area contributed by atoms with Crippen molar-refractivity contribution in [3.05, 3.63) is 70.3 Å². The lowest BCUT2D eigenvalue weighted by atomic mass is 10.0. The smallest absolute Gasteiger partial charge is 0.0295 e. The molecule has 1 heteroatoms. The zero-order valence-electron chi connectivity index (χ0n) is 12.3. The summed E-state index contributed by atoms with van der Waals surface area (Å²) in [5, 5.41) is 3.61. The number of rotatable bonds is 4. The summed E-state index contributed by atoms with van der Waals surface area (Å²) in [6, 6.07) is 15.7. The van der Waals surface area contributed by atoms with Gasteiger partial charge in [0.05, 0.1) is 0 Å². The van der Waals surface area contributed by atoms with Crippen LogP contribution in [-0.2, 0) is 6.54 Å². The predicted molar refractivity (Wildman–Crippen MR) is 82.3 cm³/mol. The van der Waals surface area contributed by atoms with Gasteiger partial charge in [0.1, 0.15) is 0 Å². The normalized spacial score (nSPS) is 12.4. The summed E-state index contributed by atoms with van der Waals surface area (Å²) in [6.45, 7) is 9.60. The van der Waals surface area contributed by atoms with Gasteiger partial charge in [-0.25, -0.2) is 0 Å². The molecule has 1 atom stereocenters. The van der Waals surface area contributed by atoms with Crippen LogP contribution < -0.4 is 5.32 Å². The zero-order chi connectivity index (χ0) is 13.8. The Kier molecular flexibility index (Phi) is 4.39. The van der Waals surface area contributed by atoms with Crippen molar-refractivity contribution in [1.82, 2.24) is 5.32 Å². The van der Waals surface area contributed by atoms with Crippen molar-refractivity contribution in [2.45, 2.75) is 40.3 Å². The Morgan fingerprint density at radius 2 is 1.68 bits per heavy atom. The fourth-order valence-corrected chi connectivity index (χ4v) is 2.31. The summed E-state index contributed by atoms with van der Waals surface area (Å²) >= 11 is 0. The van der Waals surface area contributed by atoms with Gasteiger partial charge < -0.3 is 5.32 Å². The Morgan fingerprint density at radius 1 is 0.947 bits per heavy atom. The first-order chi connectivity index (χ1) is 9.06. The molecule has 2 rings (SSSR count). The molecule has 2 aromatic rings. The maximum absolute atomic E-state index is 3.61. The van der Waals surface area contributed by atoms with Gasteiger partial charge in [-0.1, -0.05) is 53.6 Å². The molecule has 0 saturated carbocycles. The third-order valence-electron chi connectivity index (χ3n) is 3.65. The molecule has 0 aliphatic rings. The highest BCUT2D eigenvalue weighted by Gasteiger charge is 2.06. The topological polar surface area (TPSA) is 12.0 Å². The molecule has 0 unspecified atom stereocenters. The van der Waals surface area contributed by atoms with Gasteiger partial charge in [0, 0.05) is 12.6 Å². The van der Waals surface area contributed by atoms with Crippen molar-refractivity contribution >= 4 is 0 Å². The molecule has 0 amide bonds. The maximum atomic E-state index is 3.61. The SMILES string of the molecule is Cc1cccc([C@@H](C)NCc2cc(C)ccc2C)c1. The first-order valence-corrected chi connectivity index (χ1v) is 6.92. The van der Waals surface area contributed by atoms with E-state index < -0.39 is 0 Å². The molecule has 0 heterocycles. The van der Waals surface area contributed by atoms with Crippen LogP contribution in [0.3, 0.4) is 0 Å². The van der Waals surface area contributed by atoms with Gasteiger partial charge in [0.15, 0.2) is 0 Å². The van der Waals surface area contributed by atoms with Crippen LogP contribution in [0.2, 0.25) is 0 Å². The third kappa shape index (κ3) is 3.68. The summed E-state index contributed by atoms with van der Waals surface area (Å²) in [7, 11) is 0. The molecular formula is C18H23N. The van der Waals surface area contributed by atoms with Crippen LogP contribution in [-0.4, -0.2) is 0 Å². The molecular weight excluding hydrogens is 230 g/mol. The minimum Gasteiger partial charge on any atom is -0.306 e. The van der Waals surface area contributed by atoms with E-state index in [4.69, 9.17) is 0 Å². The van der Waals surface area contributed by atoms with E-state index in [0.29, 0.717) is 6.04 Å². The number of nitrogens with one attached hydrogen (secondary N) is 1. The highest BCUT2D eigenvalue weighted by atomic mass is 14.9. The monoisotopic (exact) mass is 253 g/mol. The van der Waals surface area contributed by atoms with E-state index in [0.717, 1.165) is 6.54 Å². The second kappa shape index (κ2) is 6.03. The van der Waals surface area contributed by atoms with E-state index in [9.17, 15) is 0 Å². The van der Waals surface area contributed by atoms with Crippen molar-refractivity contribution in [3.63, 3.8) is 0 Å². The number of benzene rings is 2. The van der Waals surface area contributed by atoms with Gasteiger partial charge in [-0.15, -0.1) is 0 Å². The maximum Gasteiger partial charge on any atom is 0.0295 e. The quantitative estimate of drug-likeness (QED) is 0.848. The van der Waals surface area contributed by atoms with Gasteiger partial charge in [-0.3, -0.25) is 0 Å². The Morgan fingerprint density at radius 3 is 2.42 bits per heavy atom. The Labute approximate surface area is 116 Å². The molecule has 0 aromatic heterocycles. The van der Waals surface area contributed by atoms with E-state index in [1.165, 1.54) is 27.8 Å². The second-order valence-electron chi connectivity index (χ2n) is 5.45. The highest BCUT2D eigenvalue weighted by molar-refractivity contribution is 5.31. The Balaban J connectivity index is 2.04. The van der Waals surface area contributed by atoms with Crippen LogP contribution in [0.15, 0.2) is 42.5 Å². The minimum atomic E-state index is 0.375. The van der Waals surface area contributed by atoms with Gasteiger partial charge >= 0.3 is 0 Å². The van der Waals surface area contributed by atoms with Crippen molar-refractivity contribution in [2.24, 2.45) is 0 Å². The number of hydrogen-bond acceptors (Lipinski definition) is 1. The molecule has 0 fully saturated rings. The van der Waals surface area contributed by atoms with E-state index in [1.54, 1.807) is 0 Å². The fourth-order valence-electron chi connectivity index (χ4n) is 2.31. The average molecular weight is 253 g/mol. The van der Waals surface area contributed by atoms with Crippen LogP contribution in [0.1, 0.15) is 40.8 Å². The van der Waals surface area contributed by atoms with Crippen LogP contribution in [0.5, 0.6) is 0 Å². The third-order valence-corrected chi connectivity index (χ3v) is 3.65. The molecule has 0 radical (unpaired) electrons. The molecule has 1 nitrogen and oxygen atoms in total. The van der Waals surface area contributed by atoms with Gasteiger partial charge in [-0.05, 0) is 44.4 Å². The van der Waals surface area contributed by atoms with Crippen molar-refractivity contribution in [1.29, 1.82) is 0 Å². The van der Waals surface area contributed by atoms with E-state index in [2.05, 4.69) is 75.5 Å². The van der Waals surface area contributed by atoms with Crippen molar-refractivity contribution < 1.29 is 0 Å². The van der Waals surface area contributed by atoms with E-state index in [-0.39, 0.29) is 0 Å². The summed E-state index contributed by atoms with van der Waals surface area (Å²) in [6.07, 6.45) is 0.